The molecule has 21 heavy (non-hydrogen) atoms. The highest BCUT2D eigenvalue weighted by molar-refractivity contribution is 7.91. The van der Waals surface area contributed by atoms with Crippen LogP contribution in [0.2, 0.25) is 0 Å². The second-order valence-corrected chi connectivity index (χ2v) is 7.42. The smallest absolute Gasteiger partial charge is 0.153 e. The predicted molar refractivity (Wildman–Crippen MR) is 82.9 cm³/mol. The maximum Gasteiger partial charge on any atom is 0.153 e. The van der Waals surface area contributed by atoms with Crippen LogP contribution < -0.4 is 10.1 Å². The molecule has 0 fully saturated rings. The highest BCUT2D eigenvalue weighted by atomic mass is 32.2. The Morgan fingerprint density at radius 1 is 1.33 bits per heavy atom. The van der Waals surface area contributed by atoms with Gasteiger partial charge in [0.05, 0.1) is 5.75 Å². The Morgan fingerprint density at radius 2 is 2.05 bits per heavy atom. The van der Waals surface area contributed by atoms with Gasteiger partial charge in [-0.25, -0.2) is 12.8 Å². The molecule has 1 N–H and O–H groups in total. The van der Waals surface area contributed by atoms with E-state index in [9.17, 15) is 12.8 Å². The highest BCUT2D eigenvalue weighted by Gasteiger charge is 2.14. The Morgan fingerprint density at radius 3 is 2.67 bits per heavy atom. The van der Waals surface area contributed by atoms with Crippen molar-refractivity contribution in [2.24, 2.45) is 0 Å². The largest absolute Gasteiger partial charge is 0.492 e. The van der Waals surface area contributed by atoms with Crippen LogP contribution in [0.3, 0.4) is 0 Å². The maximum atomic E-state index is 13.4. The summed E-state index contributed by atoms with van der Waals surface area (Å²) in [7, 11) is -3.08. The normalized spacial score (nSPS) is 13.1. The van der Waals surface area contributed by atoms with Gasteiger partial charge in [0.25, 0.3) is 0 Å². The summed E-state index contributed by atoms with van der Waals surface area (Å²) in [5.74, 6) is 0.0315. The Labute approximate surface area is 126 Å². The van der Waals surface area contributed by atoms with Crippen LogP contribution in [0, 0.1) is 5.82 Å². The summed E-state index contributed by atoms with van der Waals surface area (Å²) in [5.41, 5.74) is 0.832. The van der Waals surface area contributed by atoms with Crippen LogP contribution in [0.5, 0.6) is 5.75 Å². The van der Waals surface area contributed by atoms with Gasteiger partial charge in [0.1, 0.15) is 18.2 Å². The van der Waals surface area contributed by atoms with E-state index >= 15 is 0 Å². The highest BCUT2D eigenvalue weighted by Crippen LogP contribution is 2.26. The van der Waals surface area contributed by atoms with E-state index in [0.717, 1.165) is 18.5 Å². The van der Waals surface area contributed by atoms with Crippen molar-refractivity contribution in [3.63, 3.8) is 0 Å². The van der Waals surface area contributed by atoms with Gasteiger partial charge in [-0.2, -0.15) is 0 Å². The predicted octanol–water partition coefficient (Wildman–Crippen LogP) is 2.70. The molecule has 0 spiro atoms. The summed E-state index contributed by atoms with van der Waals surface area (Å²) in [6.07, 6.45) is 0.996. The first kappa shape index (κ1) is 17.9. The molecule has 0 amide bonds. The van der Waals surface area contributed by atoms with Crippen LogP contribution in [-0.2, 0) is 9.84 Å². The van der Waals surface area contributed by atoms with Gasteiger partial charge in [-0.15, -0.1) is 0 Å². The van der Waals surface area contributed by atoms with Crippen LogP contribution in [-0.4, -0.2) is 33.1 Å². The Bertz CT molecular complexity index is 546. The lowest BCUT2D eigenvalue weighted by Gasteiger charge is -2.18. The molecule has 1 unspecified atom stereocenters. The summed E-state index contributed by atoms with van der Waals surface area (Å²) in [4.78, 5) is 0. The fraction of sp³-hybridized carbons (Fsp3) is 0.600. The Kier molecular flexibility index (Phi) is 7.11. The van der Waals surface area contributed by atoms with Crippen molar-refractivity contribution in [3.8, 4) is 5.75 Å². The molecule has 0 aliphatic rings. The summed E-state index contributed by atoms with van der Waals surface area (Å²) in [5, 5.41) is 3.31. The van der Waals surface area contributed by atoms with E-state index in [1.807, 2.05) is 6.92 Å². The van der Waals surface area contributed by atoms with Crippen LogP contribution in [0.15, 0.2) is 18.2 Å². The van der Waals surface area contributed by atoms with Gasteiger partial charge < -0.3 is 10.1 Å². The molecule has 1 atom stereocenters. The summed E-state index contributed by atoms with van der Waals surface area (Å²) in [6, 6.07) is 4.38. The van der Waals surface area contributed by atoms with Crippen molar-refractivity contribution in [2.45, 2.75) is 33.2 Å². The molecule has 4 nitrogen and oxygen atoms in total. The molecule has 1 aromatic carbocycles. The molecule has 0 saturated carbocycles. The molecule has 6 heteroatoms. The molecule has 0 heterocycles. The van der Waals surface area contributed by atoms with E-state index in [1.165, 1.54) is 12.1 Å². The molecule has 120 valence electrons. The zero-order valence-electron chi connectivity index (χ0n) is 12.9. The van der Waals surface area contributed by atoms with Crippen LogP contribution >= 0.6 is 0 Å². The second kappa shape index (κ2) is 8.34. The molecular weight excluding hydrogens is 293 g/mol. The number of benzene rings is 1. The minimum Gasteiger partial charge on any atom is -0.492 e. The fourth-order valence-corrected chi connectivity index (χ4v) is 2.51. The third kappa shape index (κ3) is 6.01. The van der Waals surface area contributed by atoms with Gasteiger partial charge in [-0.3, -0.25) is 0 Å². The van der Waals surface area contributed by atoms with E-state index in [-0.39, 0.29) is 24.2 Å². The molecular formula is C15H24FNO3S. The number of nitrogens with one attached hydrogen (secondary N) is 1. The first-order chi connectivity index (χ1) is 9.89. The quantitative estimate of drug-likeness (QED) is 0.761. The molecule has 0 radical (unpaired) electrons. The van der Waals surface area contributed by atoms with Crippen molar-refractivity contribution in [2.75, 3.05) is 24.7 Å². The maximum absolute atomic E-state index is 13.4. The standard InChI is InChI=1S/C15H24FNO3S/c1-4-8-17-12(3)14-7-6-13(16)11-15(14)20-9-10-21(18,19)5-2/h6-7,11-12,17H,4-5,8-10H2,1-3H3. The summed E-state index contributed by atoms with van der Waals surface area (Å²) in [6.45, 7) is 6.52. The molecule has 0 bridgehead atoms. The van der Waals surface area contributed by atoms with Crippen molar-refractivity contribution >= 4 is 9.84 Å². The summed E-state index contributed by atoms with van der Waals surface area (Å²) < 4.78 is 41.8. The Hall–Kier alpha value is -1.14. The Balaban J connectivity index is 2.77. The van der Waals surface area contributed by atoms with Crippen LogP contribution in [0.4, 0.5) is 4.39 Å². The van der Waals surface area contributed by atoms with Gasteiger partial charge in [-0.05, 0) is 26.0 Å². The van der Waals surface area contributed by atoms with Gasteiger partial charge in [0.2, 0.25) is 0 Å². The summed E-state index contributed by atoms with van der Waals surface area (Å²) >= 11 is 0. The SMILES string of the molecule is CCCNC(C)c1ccc(F)cc1OCCS(=O)(=O)CC. The van der Waals surface area contributed by atoms with Crippen molar-refractivity contribution < 1.29 is 17.5 Å². The third-order valence-corrected chi connectivity index (χ3v) is 4.90. The monoisotopic (exact) mass is 317 g/mol. The molecule has 1 rings (SSSR count). The van der Waals surface area contributed by atoms with E-state index in [2.05, 4.69) is 12.2 Å². The molecule has 0 aliphatic carbocycles. The minimum absolute atomic E-state index is 0.0170. The second-order valence-electron chi connectivity index (χ2n) is 4.94. The molecule has 0 aromatic heterocycles. The molecule has 1 aromatic rings. The van der Waals surface area contributed by atoms with Crippen molar-refractivity contribution in [1.29, 1.82) is 0 Å². The first-order valence-electron chi connectivity index (χ1n) is 7.25. The van der Waals surface area contributed by atoms with Gasteiger partial charge in [-0.1, -0.05) is 19.9 Å². The van der Waals surface area contributed by atoms with E-state index < -0.39 is 15.7 Å². The van der Waals surface area contributed by atoms with Gasteiger partial charge in [0, 0.05) is 23.4 Å². The average Bonchev–Trinajstić information content (AvgIpc) is 2.44. The van der Waals surface area contributed by atoms with Crippen molar-refractivity contribution in [1.82, 2.24) is 5.32 Å². The fourth-order valence-electron chi connectivity index (χ4n) is 1.88. The zero-order chi connectivity index (χ0) is 15.9. The number of hydrogen-bond acceptors (Lipinski definition) is 4. The third-order valence-electron chi connectivity index (χ3n) is 3.23. The minimum atomic E-state index is -3.08. The van der Waals surface area contributed by atoms with E-state index in [1.54, 1.807) is 13.0 Å². The number of rotatable bonds is 9. The lowest BCUT2D eigenvalue weighted by atomic mass is 10.1. The van der Waals surface area contributed by atoms with Gasteiger partial charge in [0.15, 0.2) is 9.84 Å². The number of hydrogen-bond donors (Lipinski definition) is 1. The van der Waals surface area contributed by atoms with Crippen LogP contribution in [0.25, 0.3) is 0 Å². The van der Waals surface area contributed by atoms with Crippen LogP contribution in [0.1, 0.15) is 38.8 Å². The topological polar surface area (TPSA) is 55.4 Å². The van der Waals surface area contributed by atoms with E-state index in [0.29, 0.717) is 5.75 Å². The number of sulfone groups is 1. The number of halogens is 1. The first-order valence-corrected chi connectivity index (χ1v) is 9.07. The molecule has 0 aliphatic heterocycles. The molecule has 0 saturated heterocycles. The zero-order valence-corrected chi connectivity index (χ0v) is 13.7. The lowest BCUT2D eigenvalue weighted by molar-refractivity contribution is 0.331. The average molecular weight is 317 g/mol. The van der Waals surface area contributed by atoms with E-state index in [4.69, 9.17) is 4.74 Å². The number of ether oxygens (including phenoxy) is 1. The van der Waals surface area contributed by atoms with Gasteiger partial charge >= 0.3 is 0 Å². The lowest BCUT2D eigenvalue weighted by Crippen LogP contribution is -2.21. The van der Waals surface area contributed by atoms with Crippen molar-refractivity contribution in [3.05, 3.63) is 29.6 Å².